The highest BCUT2D eigenvalue weighted by atomic mass is 19.4. The van der Waals surface area contributed by atoms with Crippen molar-refractivity contribution in [3.8, 4) is 11.4 Å². The van der Waals surface area contributed by atoms with Crippen LogP contribution >= 0.6 is 0 Å². The second-order valence-electron chi connectivity index (χ2n) is 9.55. The van der Waals surface area contributed by atoms with E-state index in [1.165, 1.54) is 7.05 Å². The minimum atomic E-state index is -4.68. The molecule has 2 aromatic rings. The van der Waals surface area contributed by atoms with Gasteiger partial charge in [0.1, 0.15) is 17.7 Å². The van der Waals surface area contributed by atoms with Gasteiger partial charge in [-0.1, -0.05) is 20.8 Å². The van der Waals surface area contributed by atoms with Crippen molar-refractivity contribution in [1.82, 2.24) is 25.1 Å². The zero-order valence-electron chi connectivity index (χ0n) is 19.8. The van der Waals surface area contributed by atoms with Gasteiger partial charge in [0.05, 0.1) is 16.8 Å². The molecule has 2 N–H and O–H groups in total. The summed E-state index contributed by atoms with van der Waals surface area (Å²) in [6.07, 6.45) is -4.00. The molecule has 0 aliphatic carbocycles. The first kappa shape index (κ1) is 25.7. The first-order valence-corrected chi connectivity index (χ1v) is 10.9. The number of likely N-dealkylation sites (N-methyl/N-ethyl adjacent to an activating group) is 1. The first-order chi connectivity index (χ1) is 15.7. The number of carbonyl (C=O) groups is 2. The maximum absolute atomic E-state index is 14.8. The molecule has 1 aromatic carbocycles. The van der Waals surface area contributed by atoms with Crippen molar-refractivity contribution in [2.45, 2.75) is 52.5 Å². The lowest BCUT2D eigenvalue weighted by Crippen LogP contribution is -2.53. The van der Waals surface area contributed by atoms with Crippen molar-refractivity contribution in [3.05, 3.63) is 41.0 Å². The van der Waals surface area contributed by atoms with Crippen LogP contribution in [0.2, 0.25) is 0 Å². The van der Waals surface area contributed by atoms with E-state index in [1.807, 2.05) is 11.9 Å². The van der Waals surface area contributed by atoms with Gasteiger partial charge in [-0.3, -0.25) is 9.59 Å². The third-order valence-electron chi connectivity index (χ3n) is 5.82. The number of hydrogen-bond donors (Lipinski definition) is 2. The van der Waals surface area contributed by atoms with E-state index in [-0.39, 0.29) is 23.0 Å². The molecule has 0 fully saturated rings. The predicted molar refractivity (Wildman–Crippen MR) is 118 cm³/mol. The number of fused-ring (bicyclic) bond motifs is 1. The molecule has 7 nitrogen and oxygen atoms in total. The molecular weight excluding hydrogens is 454 g/mol. The molecule has 0 spiro atoms. The first-order valence-electron chi connectivity index (χ1n) is 10.9. The van der Waals surface area contributed by atoms with Crippen LogP contribution in [0.5, 0.6) is 0 Å². The topological polar surface area (TPSA) is 79.3 Å². The predicted octanol–water partition coefficient (Wildman–Crippen LogP) is 3.43. The molecule has 0 saturated heterocycles. The summed E-state index contributed by atoms with van der Waals surface area (Å²) in [5, 5.41) is 5.26. The Kier molecular flexibility index (Phi) is 7.07. The standard InChI is InChI=1S/C23H29F4N5O2/c1-22(2,3)18(21(34)28-4)30-20(33)17-16-12-31(5)9-6-10-32(16)19(29-17)14-8-7-13(11-15(14)24)23(25,26)27/h7-8,11,18H,6,9-10,12H2,1-5H3,(H,28,34)(H,30,33)/t18-/m1/s1. The Hall–Kier alpha value is -2.95. The van der Waals surface area contributed by atoms with Crippen molar-refractivity contribution < 1.29 is 27.2 Å². The minimum absolute atomic E-state index is 0.0150. The van der Waals surface area contributed by atoms with Gasteiger partial charge in [-0.15, -0.1) is 0 Å². The molecule has 1 aliphatic heterocycles. The van der Waals surface area contributed by atoms with E-state index in [2.05, 4.69) is 15.6 Å². The molecule has 2 amide bonds. The molecule has 0 saturated carbocycles. The van der Waals surface area contributed by atoms with E-state index in [4.69, 9.17) is 0 Å². The van der Waals surface area contributed by atoms with Gasteiger partial charge < -0.3 is 20.1 Å². The lowest BCUT2D eigenvalue weighted by molar-refractivity contribution is -0.137. The van der Waals surface area contributed by atoms with Crippen LogP contribution in [0.15, 0.2) is 18.2 Å². The van der Waals surface area contributed by atoms with E-state index < -0.39 is 34.9 Å². The molecule has 3 rings (SSSR count). The van der Waals surface area contributed by atoms with Gasteiger partial charge in [-0.2, -0.15) is 13.2 Å². The lowest BCUT2D eigenvalue weighted by Gasteiger charge is -2.29. The highest BCUT2D eigenvalue weighted by Crippen LogP contribution is 2.34. The molecular formula is C23H29F4N5O2. The van der Waals surface area contributed by atoms with Crippen molar-refractivity contribution in [2.75, 3.05) is 20.6 Å². The van der Waals surface area contributed by atoms with Crippen LogP contribution in [-0.4, -0.2) is 52.9 Å². The summed E-state index contributed by atoms with van der Waals surface area (Å²) in [7, 11) is 3.33. The number of halogens is 4. The van der Waals surface area contributed by atoms with E-state index in [0.717, 1.165) is 12.1 Å². The summed E-state index contributed by atoms with van der Waals surface area (Å²) in [6, 6.07) is 1.40. The fourth-order valence-corrected chi connectivity index (χ4v) is 4.00. The highest BCUT2D eigenvalue weighted by molar-refractivity contribution is 5.97. The average Bonchev–Trinajstić information content (AvgIpc) is 2.95. The van der Waals surface area contributed by atoms with E-state index in [0.29, 0.717) is 37.8 Å². The van der Waals surface area contributed by atoms with Crippen molar-refractivity contribution in [2.24, 2.45) is 5.41 Å². The number of benzene rings is 1. The number of carbonyl (C=O) groups excluding carboxylic acids is 2. The second-order valence-corrected chi connectivity index (χ2v) is 9.55. The SMILES string of the molecule is CNC(=O)[C@@H](NC(=O)c1nc(-c2ccc(C(F)(F)F)cc2F)n2c1CN(C)CCC2)C(C)(C)C. The summed E-state index contributed by atoms with van der Waals surface area (Å²) in [5.74, 6) is -1.99. The molecule has 0 radical (unpaired) electrons. The van der Waals surface area contributed by atoms with Crippen molar-refractivity contribution in [1.29, 1.82) is 0 Å². The van der Waals surface area contributed by atoms with Gasteiger partial charge in [0, 0.05) is 20.1 Å². The van der Waals surface area contributed by atoms with E-state index in [9.17, 15) is 27.2 Å². The fourth-order valence-electron chi connectivity index (χ4n) is 4.00. The number of alkyl halides is 3. The Morgan fingerprint density at radius 1 is 1.15 bits per heavy atom. The van der Waals surface area contributed by atoms with Crippen LogP contribution in [0.3, 0.4) is 0 Å². The quantitative estimate of drug-likeness (QED) is 0.654. The molecule has 186 valence electrons. The summed E-state index contributed by atoms with van der Waals surface area (Å²) < 4.78 is 55.5. The molecule has 1 aromatic heterocycles. The summed E-state index contributed by atoms with van der Waals surface area (Å²) in [6.45, 7) is 6.86. The maximum Gasteiger partial charge on any atom is 0.416 e. The molecule has 2 heterocycles. The summed E-state index contributed by atoms with van der Waals surface area (Å²) in [5.41, 5.74) is -1.31. The zero-order valence-corrected chi connectivity index (χ0v) is 19.8. The number of rotatable bonds is 4. The summed E-state index contributed by atoms with van der Waals surface area (Å²) >= 11 is 0. The third kappa shape index (κ3) is 5.24. The molecule has 0 unspecified atom stereocenters. The highest BCUT2D eigenvalue weighted by Gasteiger charge is 2.35. The third-order valence-corrected chi connectivity index (χ3v) is 5.82. The number of imidazole rings is 1. The Morgan fingerprint density at radius 3 is 2.38 bits per heavy atom. The number of amides is 2. The number of nitrogens with one attached hydrogen (secondary N) is 2. The largest absolute Gasteiger partial charge is 0.416 e. The van der Waals surface area contributed by atoms with Crippen LogP contribution in [-0.2, 0) is 24.1 Å². The van der Waals surface area contributed by atoms with Gasteiger partial charge >= 0.3 is 6.18 Å². The zero-order chi connectivity index (χ0) is 25.4. The Bertz CT molecular complexity index is 1090. The van der Waals surface area contributed by atoms with Crippen molar-refractivity contribution >= 4 is 11.8 Å². The fraction of sp³-hybridized carbons (Fsp3) is 0.522. The Balaban J connectivity index is 2.10. The van der Waals surface area contributed by atoms with Gasteiger partial charge in [-0.05, 0) is 43.6 Å². The molecule has 0 bridgehead atoms. The maximum atomic E-state index is 14.8. The average molecular weight is 484 g/mol. The monoisotopic (exact) mass is 483 g/mol. The Morgan fingerprint density at radius 2 is 1.82 bits per heavy atom. The Labute approximate surface area is 195 Å². The van der Waals surface area contributed by atoms with E-state index in [1.54, 1.807) is 25.3 Å². The second kappa shape index (κ2) is 9.36. The van der Waals surface area contributed by atoms with Crippen molar-refractivity contribution in [3.63, 3.8) is 0 Å². The normalized spacial score (nSPS) is 15.9. The summed E-state index contributed by atoms with van der Waals surface area (Å²) in [4.78, 5) is 32.1. The van der Waals surface area contributed by atoms with Crippen LogP contribution < -0.4 is 10.6 Å². The molecule has 1 aliphatic rings. The number of hydrogen-bond acceptors (Lipinski definition) is 4. The van der Waals surface area contributed by atoms with Gasteiger partial charge in [0.25, 0.3) is 5.91 Å². The number of aromatic nitrogens is 2. The van der Waals surface area contributed by atoms with Crippen LogP contribution in [0, 0.1) is 11.2 Å². The molecule has 34 heavy (non-hydrogen) atoms. The van der Waals surface area contributed by atoms with Crippen LogP contribution in [0.25, 0.3) is 11.4 Å². The van der Waals surface area contributed by atoms with E-state index >= 15 is 0 Å². The smallest absolute Gasteiger partial charge is 0.357 e. The molecule has 1 atom stereocenters. The van der Waals surface area contributed by atoms with Crippen LogP contribution in [0.1, 0.15) is 48.9 Å². The molecule has 11 heteroatoms. The van der Waals surface area contributed by atoms with Crippen LogP contribution in [0.4, 0.5) is 17.6 Å². The van der Waals surface area contributed by atoms with Gasteiger partial charge in [0.2, 0.25) is 5.91 Å². The number of nitrogens with zero attached hydrogens (tertiary/aromatic N) is 3. The minimum Gasteiger partial charge on any atom is -0.357 e. The van der Waals surface area contributed by atoms with Gasteiger partial charge in [0.15, 0.2) is 5.69 Å². The van der Waals surface area contributed by atoms with Gasteiger partial charge in [-0.25, -0.2) is 9.37 Å². The lowest BCUT2D eigenvalue weighted by atomic mass is 9.86.